The van der Waals surface area contributed by atoms with Gasteiger partial charge in [0.05, 0.1) is 5.92 Å². The molecule has 1 amide bonds. The van der Waals surface area contributed by atoms with Crippen molar-refractivity contribution < 1.29 is 4.79 Å². The highest BCUT2D eigenvalue weighted by atomic mass is 16.2. The number of rotatable bonds is 7. The number of benzene rings is 1. The van der Waals surface area contributed by atoms with Gasteiger partial charge in [-0.2, -0.15) is 0 Å². The molecule has 1 aromatic rings. The Hall–Kier alpha value is -1.87. The Morgan fingerprint density at radius 1 is 1.24 bits per heavy atom. The Balaban J connectivity index is 1.90. The molecule has 0 spiro atoms. The molecule has 3 nitrogen and oxygen atoms in total. The molecule has 1 atom stereocenters. The van der Waals surface area contributed by atoms with Crippen LogP contribution in [-0.2, 0) is 11.3 Å². The van der Waals surface area contributed by atoms with Crippen LogP contribution in [0, 0.1) is 5.92 Å². The first-order chi connectivity index (χ1) is 10.2. The molecule has 0 saturated carbocycles. The van der Waals surface area contributed by atoms with E-state index in [9.17, 15) is 4.79 Å². The number of amides is 1. The Labute approximate surface area is 127 Å². The smallest absolute Gasteiger partial charge is 0.227 e. The minimum absolute atomic E-state index is 0.105. The van der Waals surface area contributed by atoms with Gasteiger partial charge in [0.25, 0.3) is 0 Å². The maximum atomic E-state index is 12.5. The van der Waals surface area contributed by atoms with Gasteiger partial charge < -0.3 is 4.90 Å². The van der Waals surface area contributed by atoms with Crippen LogP contribution in [0.5, 0.6) is 0 Å². The minimum Gasteiger partial charge on any atom is -0.335 e. The van der Waals surface area contributed by atoms with Crippen LogP contribution in [-0.4, -0.2) is 41.9 Å². The summed E-state index contributed by atoms with van der Waals surface area (Å²) in [5, 5.41) is 0. The van der Waals surface area contributed by atoms with E-state index in [1.54, 1.807) is 12.2 Å². The van der Waals surface area contributed by atoms with Gasteiger partial charge in [-0.25, -0.2) is 0 Å². The molecule has 1 aliphatic rings. The van der Waals surface area contributed by atoms with Crippen LogP contribution in [0.2, 0.25) is 0 Å². The summed E-state index contributed by atoms with van der Waals surface area (Å²) in [5.41, 5.74) is 1.31. The number of likely N-dealkylation sites (tertiary alicyclic amines) is 1. The molecule has 1 fully saturated rings. The monoisotopic (exact) mass is 284 g/mol. The molecule has 0 aromatic heterocycles. The number of hydrogen-bond acceptors (Lipinski definition) is 2. The Morgan fingerprint density at radius 3 is 2.52 bits per heavy atom. The van der Waals surface area contributed by atoms with Gasteiger partial charge in [-0.1, -0.05) is 42.5 Å². The summed E-state index contributed by atoms with van der Waals surface area (Å²) in [5.74, 6) is 0.332. The third kappa shape index (κ3) is 4.30. The van der Waals surface area contributed by atoms with E-state index in [1.807, 2.05) is 11.0 Å². The highest BCUT2D eigenvalue weighted by molar-refractivity contribution is 5.79. The van der Waals surface area contributed by atoms with E-state index in [0.717, 1.165) is 26.1 Å². The predicted octanol–water partition coefficient (Wildman–Crippen LogP) is 2.71. The highest BCUT2D eigenvalue weighted by Gasteiger charge is 2.30. The molecular formula is C18H24N2O. The third-order valence-corrected chi connectivity index (χ3v) is 3.88. The normalized spacial score (nSPS) is 18.4. The van der Waals surface area contributed by atoms with E-state index < -0.39 is 0 Å². The molecule has 1 aromatic carbocycles. The summed E-state index contributed by atoms with van der Waals surface area (Å²) in [7, 11) is 0. The number of carbonyl (C=O) groups excluding carboxylic acids is 1. The van der Waals surface area contributed by atoms with E-state index >= 15 is 0 Å². The molecule has 1 aliphatic heterocycles. The zero-order chi connectivity index (χ0) is 15.1. The van der Waals surface area contributed by atoms with Crippen LogP contribution in [0.4, 0.5) is 0 Å². The van der Waals surface area contributed by atoms with E-state index in [2.05, 4.69) is 42.3 Å². The van der Waals surface area contributed by atoms with Crippen molar-refractivity contribution in [1.82, 2.24) is 9.80 Å². The van der Waals surface area contributed by atoms with Crippen molar-refractivity contribution in [2.24, 2.45) is 5.92 Å². The number of carbonyl (C=O) groups is 1. The van der Waals surface area contributed by atoms with Crippen molar-refractivity contribution in [3.8, 4) is 0 Å². The first kappa shape index (κ1) is 15.5. The standard InChI is InChI=1S/C18H24N2O/c1-3-11-20(12-4-2)18(21)17-10-13-19(15-17)14-16-8-6-5-7-9-16/h3-9,17H,1-2,10-15H2. The van der Waals surface area contributed by atoms with E-state index in [4.69, 9.17) is 0 Å². The summed E-state index contributed by atoms with van der Waals surface area (Å²) >= 11 is 0. The lowest BCUT2D eigenvalue weighted by molar-refractivity contribution is -0.134. The van der Waals surface area contributed by atoms with Gasteiger partial charge in [-0.3, -0.25) is 9.69 Å². The van der Waals surface area contributed by atoms with Crippen LogP contribution in [0.1, 0.15) is 12.0 Å². The molecular weight excluding hydrogens is 260 g/mol. The SMILES string of the molecule is C=CCN(CC=C)C(=O)C1CCN(Cc2ccccc2)C1. The summed E-state index contributed by atoms with van der Waals surface area (Å²) in [6, 6.07) is 10.4. The lowest BCUT2D eigenvalue weighted by Gasteiger charge is -2.23. The van der Waals surface area contributed by atoms with Gasteiger partial charge in [0.2, 0.25) is 5.91 Å². The molecule has 21 heavy (non-hydrogen) atoms. The topological polar surface area (TPSA) is 23.6 Å². The van der Waals surface area contributed by atoms with Crippen molar-refractivity contribution in [3.05, 3.63) is 61.2 Å². The first-order valence-corrected chi connectivity index (χ1v) is 7.51. The van der Waals surface area contributed by atoms with Crippen LogP contribution < -0.4 is 0 Å². The van der Waals surface area contributed by atoms with Crippen molar-refractivity contribution in [2.75, 3.05) is 26.2 Å². The number of nitrogens with zero attached hydrogens (tertiary/aromatic N) is 2. The Kier molecular flexibility index (Phi) is 5.76. The average molecular weight is 284 g/mol. The van der Waals surface area contributed by atoms with E-state index in [0.29, 0.717) is 13.1 Å². The predicted molar refractivity (Wildman–Crippen MR) is 86.8 cm³/mol. The van der Waals surface area contributed by atoms with Gasteiger partial charge in [0.15, 0.2) is 0 Å². The quantitative estimate of drug-likeness (QED) is 0.719. The molecule has 112 valence electrons. The lowest BCUT2D eigenvalue weighted by atomic mass is 10.1. The second kappa shape index (κ2) is 7.79. The minimum atomic E-state index is 0.105. The fraction of sp³-hybridized carbons (Fsp3) is 0.389. The van der Waals surface area contributed by atoms with Gasteiger partial charge in [0, 0.05) is 26.2 Å². The van der Waals surface area contributed by atoms with Crippen molar-refractivity contribution in [2.45, 2.75) is 13.0 Å². The van der Waals surface area contributed by atoms with Crippen molar-refractivity contribution in [1.29, 1.82) is 0 Å². The number of hydrogen-bond donors (Lipinski definition) is 0. The van der Waals surface area contributed by atoms with Gasteiger partial charge in [0.1, 0.15) is 0 Å². The van der Waals surface area contributed by atoms with Crippen LogP contribution in [0.3, 0.4) is 0 Å². The molecule has 0 N–H and O–H groups in total. The van der Waals surface area contributed by atoms with Gasteiger partial charge in [-0.05, 0) is 18.5 Å². The van der Waals surface area contributed by atoms with Gasteiger partial charge >= 0.3 is 0 Å². The molecule has 0 aliphatic carbocycles. The summed E-state index contributed by atoms with van der Waals surface area (Å²) in [6.45, 7) is 11.4. The fourth-order valence-corrected chi connectivity index (χ4v) is 2.84. The molecule has 3 heteroatoms. The maximum Gasteiger partial charge on any atom is 0.227 e. The molecule has 1 heterocycles. The zero-order valence-electron chi connectivity index (χ0n) is 12.6. The molecule has 1 unspecified atom stereocenters. The fourth-order valence-electron chi connectivity index (χ4n) is 2.84. The molecule has 1 saturated heterocycles. The summed E-state index contributed by atoms with van der Waals surface area (Å²) < 4.78 is 0. The van der Waals surface area contributed by atoms with E-state index in [-0.39, 0.29) is 11.8 Å². The zero-order valence-corrected chi connectivity index (χ0v) is 12.6. The van der Waals surface area contributed by atoms with Crippen molar-refractivity contribution >= 4 is 5.91 Å². The first-order valence-electron chi connectivity index (χ1n) is 7.51. The van der Waals surface area contributed by atoms with Gasteiger partial charge in [-0.15, -0.1) is 13.2 Å². The molecule has 0 bridgehead atoms. The third-order valence-electron chi connectivity index (χ3n) is 3.88. The average Bonchev–Trinajstić information content (AvgIpc) is 2.96. The summed E-state index contributed by atoms with van der Waals surface area (Å²) in [6.07, 6.45) is 4.49. The highest BCUT2D eigenvalue weighted by Crippen LogP contribution is 2.20. The molecule has 2 rings (SSSR count). The van der Waals surface area contributed by atoms with Crippen LogP contribution in [0.25, 0.3) is 0 Å². The lowest BCUT2D eigenvalue weighted by Crippen LogP contribution is -2.37. The maximum absolute atomic E-state index is 12.5. The van der Waals surface area contributed by atoms with E-state index in [1.165, 1.54) is 5.56 Å². The van der Waals surface area contributed by atoms with Crippen LogP contribution >= 0.6 is 0 Å². The second-order valence-electron chi connectivity index (χ2n) is 5.53. The van der Waals surface area contributed by atoms with Crippen LogP contribution in [0.15, 0.2) is 55.6 Å². The largest absolute Gasteiger partial charge is 0.335 e. The molecule has 0 radical (unpaired) electrons. The summed E-state index contributed by atoms with van der Waals surface area (Å²) in [4.78, 5) is 16.7. The second-order valence-corrected chi connectivity index (χ2v) is 5.53. The van der Waals surface area contributed by atoms with Crippen molar-refractivity contribution in [3.63, 3.8) is 0 Å². The Morgan fingerprint density at radius 2 is 1.90 bits per heavy atom. The Bertz CT molecular complexity index is 473.